The molecule has 0 atom stereocenters. The lowest BCUT2D eigenvalue weighted by Crippen LogP contribution is -2.26. The van der Waals surface area contributed by atoms with Crippen LogP contribution in [-0.2, 0) is 19.4 Å². The second kappa shape index (κ2) is 8.52. The fourth-order valence-electron chi connectivity index (χ4n) is 2.93. The van der Waals surface area contributed by atoms with Gasteiger partial charge in [0.2, 0.25) is 17.5 Å². The number of hydrogen-bond donors (Lipinski definition) is 0. The molecule has 0 saturated carbocycles. The van der Waals surface area contributed by atoms with E-state index >= 15 is 0 Å². The fraction of sp³-hybridized carbons (Fsp3) is 0.182. The van der Waals surface area contributed by atoms with Crippen molar-refractivity contribution < 1.29 is 13.8 Å². The van der Waals surface area contributed by atoms with Gasteiger partial charge in [0.15, 0.2) is 0 Å². The van der Waals surface area contributed by atoms with E-state index in [-0.39, 0.29) is 18.2 Å². The Morgan fingerprint density at radius 2 is 1.66 bits per heavy atom. The van der Waals surface area contributed by atoms with Gasteiger partial charge in [0.1, 0.15) is 6.54 Å². The maximum Gasteiger partial charge on any atom is 0.292 e. The Bertz CT molecular complexity index is 1070. The topological polar surface area (TPSA) is 85.3 Å². The Kier molecular flexibility index (Phi) is 5.47. The van der Waals surface area contributed by atoms with Gasteiger partial charge in [-0.25, -0.2) is 0 Å². The number of rotatable bonds is 7. The molecule has 2 heterocycles. The lowest BCUT2D eigenvalue weighted by Gasteiger charge is -2.11. The van der Waals surface area contributed by atoms with Gasteiger partial charge >= 0.3 is 0 Å². The Morgan fingerprint density at radius 1 is 0.931 bits per heavy atom. The molecule has 0 aliphatic carbocycles. The van der Waals surface area contributed by atoms with E-state index < -0.39 is 0 Å². The maximum atomic E-state index is 12.6. The number of nitrogens with zero attached hydrogens (tertiary/aromatic N) is 4. The van der Waals surface area contributed by atoms with Crippen molar-refractivity contribution in [1.82, 2.24) is 20.2 Å². The van der Waals surface area contributed by atoms with Crippen LogP contribution in [0.1, 0.15) is 27.7 Å². The van der Waals surface area contributed by atoms with Crippen LogP contribution in [0.2, 0.25) is 0 Å². The summed E-state index contributed by atoms with van der Waals surface area (Å²) in [6, 6.07) is 21.3. The van der Waals surface area contributed by atoms with Crippen molar-refractivity contribution in [1.29, 1.82) is 0 Å². The minimum absolute atomic E-state index is 0.179. The van der Waals surface area contributed by atoms with E-state index in [9.17, 15) is 4.79 Å². The Labute approximate surface area is 167 Å². The first-order chi connectivity index (χ1) is 14.2. The molecule has 4 rings (SSSR count). The first kappa shape index (κ1) is 18.6. The third kappa shape index (κ3) is 4.57. The molecule has 4 aromatic rings. The molecule has 2 aromatic carbocycles. The van der Waals surface area contributed by atoms with E-state index in [1.54, 1.807) is 13.1 Å². The van der Waals surface area contributed by atoms with E-state index in [0.717, 1.165) is 17.7 Å². The second-order valence-electron chi connectivity index (χ2n) is 6.71. The van der Waals surface area contributed by atoms with Crippen LogP contribution in [0.4, 0.5) is 0 Å². The molecule has 0 aliphatic rings. The third-order valence-corrected chi connectivity index (χ3v) is 4.50. The molecule has 29 heavy (non-hydrogen) atoms. The quantitative estimate of drug-likeness (QED) is 0.479. The monoisotopic (exact) mass is 388 g/mol. The summed E-state index contributed by atoms with van der Waals surface area (Å²) in [5.74, 6) is 0.745. The highest BCUT2D eigenvalue weighted by Gasteiger charge is 2.20. The molecule has 7 nitrogen and oxygen atoms in total. The molecular weight excluding hydrogens is 368 g/mol. The van der Waals surface area contributed by atoms with Crippen LogP contribution < -0.4 is 0 Å². The van der Waals surface area contributed by atoms with Crippen molar-refractivity contribution in [3.05, 3.63) is 89.6 Å². The Morgan fingerprint density at radius 3 is 2.41 bits per heavy atom. The summed E-state index contributed by atoms with van der Waals surface area (Å²) in [5, 5.41) is 7.98. The molecule has 0 bridgehead atoms. The summed E-state index contributed by atoms with van der Waals surface area (Å²) < 4.78 is 10.5. The zero-order valence-electron chi connectivity index (χ0n) is 16.0. The lowest BCUT2D eigenvalue weighted by atomic mass is 10.1. The minimum atomic E-state index is -0.289. The molecule has 0 aliphatic heterocycles. The molecule has 146 valence electrons. The van der Waals surface area contributed by atoms with Crippen LogP contribution >= 0.6 is 0 Å². The van der Waals surface area contributed by atoms with Crippen molar-refractivity contribution in [3.63, 3.8) is 0 Å². The summed E-state index contributed by atoms with van der Waals surface area (Å²) in [6.45, 7) is 0.179. The number of amides is 1. The molecule has 0 fully saturated rings. The Hall–Kier alpha value is -3.74. The first-order valence-electron chi connectivity index (χ1n) is 9.32. The van der Waals surface area contributed by atoms with Gasteiger partial charge in [-0.3, -0.25) is 4.79 Å². The van der Waals surface area contributed by atoms with Crippen LogP contribution in [0, 0.1) is 0 Å². The van der Waals surface area contributed by atoms with Gasteiger partial charge in [0, 0.05) is 18.7 Å². The van der Waals surface area contributed by atoms with Crippen LogP contribution in [0.5, 0.6) is 0 Å². The predicted octanol–water partition coefficient (Wildman–Crippen LogP) is 3.78. The summed E-state index contributed by atoms with van der Waals surface area (Å²) >= 11 is 0. The van der Waals surface area contributed by atoms with Gasteiger partial charge < -0.3 is 13.9 Å². The fourth-order valence-corrected chi connectivity index (χ4v) is 2.93. The summed E-state index contributed by atoms with van der Waals surface area (Å²) in [6.07, 6.45) is 1.54. The third-order valence-electron chi connectivity index (χ3n) is 4.50. The molecule has 0 unspecified atom stereocenters. The molecule has 0 N–H and O–H groups in total. The predicted molar refractivity (Wildman–Crippen MR) is 106 cm³/mol. The minimum Gasteiger partial charge on any atom is -0.351 e. The van der Waals surface area contributed by atoms with Gasteiger partial charge in [0.25, 0.3) is 5.91 Å². The average Bonchev–Trinajstić information content (AvgIpc) is 3.43. The molecule has 0 radical (unpaired) electrons. The summed E-state index contributed by atoms with van der Waals surface area (Å²) in [5.41, 5.74) is 2.82. The standard InChI is InChI=1S/C22H20N4O3/c1-26(15-20-23-21(25-29-20)17-10-6-3-7-11-17)22(27)19-14-18(24-28-19)13-12-16-8-4-2-5-9-16/h2-11,14H,12-13,15H2,1H3. The maximum absolute atomic E-state index is 12.6. The van der Waals surface area contributed by atoms with E-state index in [4.69, 9.17) is 9.05 Å². The number of benzene rings is 2. The van der Waals surface area contributed by atoms with Crippen LogP contribution in [0.3, 0.4) is 0 Å². The normalized spacial score (nSPS) is 10.8. The van der Waals surface area contributed by atoms with Crippen LogP contribution in [0.25, 0.3) is 11.4 Å². The van der Waals surface area contributed by atoms with Crippen molar-refractivity contribution in [2.24, 2.45) is 0 Å². The SMILES string of the molecule is CN(Cc1nc(-c2ccccc2)no1)C(=O)c1cc(CCc2ccccc2)no1. The van der Waals surface area contributed by atoms with Gasteiger partial charge in [-0.05, 0) is 18.4 Å². The van der Waals surface area contributed by atoms with Gasteiger partial charge in [0.05, 0.1) is 5.69 Å². The average molecular weight is 388 g/mol. The second-order valence-corrected chi connectivity index (χ2v) is 6.71. The molecule has 1 amide bonds. The van der Waals surface area contributed by atoms with Gasteiger partial charge in [-0.1, -0.05) is 71.0 Å². The van der Waals surface area contributed by atoms with Crippen molar-refractivity contribution in [3.8, 4) is 11.4 Å². The number of hydrogen-bond acceptors (Lipinski definition) is 6. The number of aromatic nitrogens is 3. The largest absolute Gasteiger partial charge is 0.351 e. The molecule has 7 heteroatoms. The highest BCUT2D eigenvalue weighted by molar-refractivity contribution is 5.91. The molecule has 0 spiro atoms. The number of carbonyl (C=O) groups excluding carboxylic acids is 1. The molecular formula is C22H20N4O3. The summed E-state index contributed by atoms with van der Waals surface area (Å²) in [7, 11) is 1.65. The zero-order valence-corrected chi connectivity index (χ0v) is 16.0. The van der Waals surface area contributed by atoms with E-state index in [1.807, 2.05) is 48.5 Å². The highest BCUT2D eigenvalue weighted by atomic mass is 16.5. The molecule has 2 aromatic heterocycles. The Balaban J connectivity index is 1.36. The zero-order chi connectivity index (χ0) is 20.1. The van der Waals surface area contributed by atoms with Crippen LogP contribution in [0.15, 0.2) is 75.8 Å². The summed E-state index contributed by atoms with van der Waals surface area (Å²) in [4.78, 5) is 18.4. The highest BCUT2D eigenvalue weighted by Crippen LogP contribution is 2.16. The van der Waals surface area contributed by atoms with E-state index in [0.29, 0.717) is 18.1 Å². The number of carbonyl (C=O) groups is 1. The van der Waals surface area contributed by atoms with E-state index in [1.165, 1.54) is 10.5 Å². The molecule has 0 saturated heterocycles. The first-order valence-corrected chi connectivity index (χ1v) is 9.32. The lowest BCUT2D eigenvalue weighted by molar-refractivity contribution is 0.0728. The van der Waals surface area contributed by atoms with Crippen molar-refractivity contribution in [2.75, 3.05) is 7.05 Å². The van der Waals surface area contributed by atoms with Crippen molar-refractivity contribution in [2.45, 2.75) is 19.4 Å². The number of aryl methyl sites for hydroxylation is 2. The van der Waals surface area contributed by atoms with E-state index in [2.05, 4.69) is 27.4 Å². The van der Waals surface area contributed by atoms with Gasteiger partial charge in [-0.2, -0.15) is 4.98 Å². The van der Waals surface area contributed by atoms with Crippen molar-refractivity contribution >= 4 is 5.91 Å². The smallest absolute Gasteiger partial charge is 0.292 e. The van der Waals surface area contributed by atoms with Gasteiger partial charge in [-0.15, -0.1) is 0 Å². The van der Waals surface area contributed by atoms with Crippen LogP contribution in [-0.4, -0.2) is 33.2 Å².